The lowest BCUT2D eigenvalue weighted by atomic mass is 10.1. The van der Waals surface area contributed by atoms with E-state index in [0.717, 1.165) is 0 Å². The quantitative estimate of drug-likeness (QED) is 0.189. The Bertz CT molecular complexity index is 812. The molecule has 0 saturated carbocycles. The first-order valence-electron chi connectivity index (χ1n) is 9.41. The van der Waals surface area contributed by atoms with Gasteiger partial charge in [-0.15, -0.1) is 0 Å². The van der Waals surface area contributed by atoms with Crippen molar-refractivity contribution < 1.29 is 34.2 Å². The minimum Gasteiger partial charge on any atom is -0.508 e. The highest BCUT2D eigenvalue weighted by Crippen LogP contribution is 2.11. The van der Waals surface area contributed by atoms with E-state index in [4.69, 9.17) is 16.6 Å². The number of nitrogens with two attached hydrogens (primary N) is 2. The number of rotatable bonds is 12. The van der Waals surface area contributed by atoms with E-state index in [0.29, 0.717) is 5.56 Å². The van der Waals surface area contributed by atoms with E-state index in [-0.39, 0.29) is 25.0 Å². The van der Waals surface area contributed by atoms with Crippen LogP contribution in [0.4, 0.5) is 0 Å². The summed E-state index contributed by atoms with van der Waals surface area (Å²) in [6, 6.07) is 2.88. The molecule has 0 fully saturated rings. The van der Waals surface area contributed by atoms with Crippen molar-refractivity contribution in [2.75, 3.05) is 6.54 Å². The molecule has 0 aliphatic rings. The van der Waals surface area contributed by atoms with E-state index in [1.807, 2.05) is 0 Å². The van der Waals surface area contributed by atoms with Crippen LogP contribution in [0.2, 0.25) is 0 Å². The molecule has 170 valence electrons. The second-order valence-electron chi connectivity index (χ2n) is 6.89. The lowest BCUT2D eigenvalue weighted by molar-refractivity contribution is -0.138. The van der Waals surface area contributed by atoms with Gasteiger partial charge in [0, 0.05) is 6.42 Å². The molecule has 0 heterocycles. The highest BCUT2D eigenvalue weighted by molar-refractivity contribution is 5.93. The highest BCUT2D eigenvalue weighted by Gasteiger charge is 2.26. The maximum Gasteiger partial charge on any atom is 0.322 e. The minimum atomic E-state index is -1.28. The van der Waals surface area contributed by atoms with Gasteiger partial charge in [-0.2, -0.15) is 0 Å². The zero-order valence-electron chi connectivity index (χ0n) is 17.0. The van der Waals surface area contributed by atoms with Crippen LogP contribution < -0.4 is 27.4 Å². The Kier molecular flexibility index (Phi) is 9.92. The predicted molar refractivity (Wildman–Crippen MR) is 108 cm³/mol. The van der Waals surface area contributed by atoms with Gasteiger partial charge in [0.1, 0.15) is 24.4 Å². The van der Waals surface area contributed by atoms with Crippen LogP contribution in [-0.4, -0.2) is 64.5 Å². The first-order chi connectivity index (χ1) is 14.5. The Hall–Kier alpha value is -3.67. The molecule has 0 aliphatic heterocycles. The number of carbonyl (C=O) groups excluding carboxylic acids is 4. The smallest absolute Gasteiger partial charge is 0.322 e. The maximum atomic E-state index is 12.4. The Balaban J connectivity index is 2.66. The second-order valence-corrected chi connectivity index (χ2v) is 6.89. The maximum absolute atomic E-state index is 12.4. The van der Waals surface area contributed by atoms with Gasteiger partial charge in [0.25, 0.3) is 0 Å². The average molecular weight is 437 g/mol. The number of benzene rings is 1. The summed E-state index contributed by atoms with van der Waals surface area (Å²) in [6.07, 6.45) is -0.198. The molecule has 0 unspecified atom stereocenters. The van der Waals surface area contributed by atoms with E-state index >= 15 is 0 Å². The van der Waals surface area contributed by atoms with Gasteiger partial charge in [-0.3, -0.25) is 24.0 Å². The van der Waals surface area contributed by atoms with Crippen molar-refractivity contribution in [2.24, 2.45) is 11.5 Å². The number of carboxylic acid groups (broad SMARTS) is 1. The molecule has 0 bridgehead atoms. The molecule has 0 aromatic heterocycles. The van der Waals surface area contributed by atoms with Crippen LogP contribution >= 0.6 is 0 Å². The number of carboxylic acids is 1. The average Bonchev–Trinajstić information content (AvgIpc) is 2.70. The largest absolute Gasteiger partial charge is 0.508 e. The standard InChI is InChI=1S/C19H27N5O7/c1-10(23-18(30)13(20)8-11-2-4-12(25)5-3-11)17(29)24-14(6-7-15(21)26)19(31)22-9-16(27)28/h2-5,10,13-14,25H,6-9,20H2,1H3,(H2,21,26)(H,22,31)(H,23,30)(H,24,29)(H,27,28)/t10-,13-,14-/m0/s1. The predicted octanol–water partition coefficient (Wildman–Crippen LogP) is -2.28. The number of nitrogens with one attached hydrogen (secondary N) is 3. The van der Waals surface area contributed by atoms with Crippen molar-refractivity contribution in [1.82, 2.24) is 16.0 Å². The van der Waals surface area contributed by atoms with Crippen LogP contribution in [0.25, 0.3) is 0 Å². The van der Waals surface area contributed by atoms with Gasteiger partial charge < -0.3 is 37.6 Å². The number of aliphatic carboxylic acids is 1. The number of hydrogen-bond acceptors (Lipinski definition) is 7. The summed E-state index contributed by atoms with van der Waals surface area (Å²) in [6.45, 7) is 0.709. The van der Waals surface area contributed by atoms with Crippen LogP contribution in [0.3, 0.4) is 0 Å². The van der Waals surface area contributed by atoms with Crippen molar-refractivity contribution in [1.29, 1.82) is 0 Å². The van der Waals surface area contributed by atoms with E-state index in [9.17, 15) is 29.1 Å². The molecule has 1 rings (SSSR count). The zero-order valence-corrected chi connectivity index (χ0v) is 17.0. The summed E-state index contributed by atoms with van der Waals surface area (Å²) in [4.78, 5) is 58.4. The van der Waals surface area contributed by atoms with E-state index in [1.165, 1.54) is 19.1 Å². The van der Waals surface area contributed by atoms with Crippen molar-refractivity contribution in [2.45, 2.75) is 44.3 Å². The Labute approximate surface area is 178 Å². The molecule has 3 atom stereocenters. The van der Waals surface area contributed by atoms with Gasteiger partial charge >= 0.3 is 5.97 Å². The van der Waals surface area contributed by atoms with Crippen molar-refractivity contribution in [3.63, 3.8) is 0 Å². The Morgan fingerprint density at radius 3 is 2.16 bits per heavy atom. The molecular weight excluding hydrogens is 410 g/mol. The lowest BCUT2D eigenvalue weighted by Crippen LogP contribution is -2.55. The monoisotopic (exact) mass is 437 g/mol. The summed E-state index contributed by atoms with van der Waals surface area (Å²) in [5, 5.41) is 24.8. The highest BCUT2D eigenvalue weighted by atomic mass is 16.4. The van der Waals surface area contributed by atoms with Crippen LogP contribution in [0.15, 0.2) is 24.3 Å². The fourth-order valence-corrected chi connectivity index (χ4v) is 2.50. The van der Waals surface area contributed by atoms with E-state index in [2.05, 4.69) is 16.0 Å². The van der Waals surface area contributed by atoms with Crippen LogP contribution in [0, 0.1) is 0 Å². The molecule has 12 heteroatoms. The first-order valence-corrected chi connectivity index (χ1v) is 9.41. The fraction of sp³-hybridized carbons (Fsp3) is 0.421. The Morgan fingerprint density at radius 2 is 1.61 bits per heavy atom. The molecular formula is C19H27N5O7. The number of hydrogen-bond donors (Lipinski definition) is 7. The zero-order chi connectivity index (χ0) is 23.6. The number of amides is 4. The summed E-state index contributed by atoms with van der Waals surface area (Å²) < 4.78 is 0. The van der Waals surface area contributed by atoms with Crippen LogP contribution in [0.1, 0.15) is 25.3 Å². The summed E-state index contributed by atoms with van der Waals surface area (Å²) in [5.41, 5.74) is 11.6. The van der Waals surface area contributed by atoms with E-state index in [1.54, 1.807) is 12.1 Å². The minimum absolute atomic E-state index is 0.0744. The number of phenolic OH excluding ortho intramolecular Hbond substituents is 1. The van der Waals surface area contributed by atoms with Gasteiger partial charge in [-0.1, -0.05) is 12.1 Å². The fourth-order valence-electron chi connectivity index (χ4n) is 2.50. The van der Waals surface area contributed by atoms with E-state index < -0.39 is 54.3 Å². The molecule has 0 radical (unpaired) electrons. The topological polar surface area (TPSA) is 214 Å². The van der Waals surface area contributed by atoms with Crippen LogP contribution in [0.5, 0.6) is 5.75 Å². The van der Waals surface area contributed by atoms with Gasteiger partial charge in [0.15, 0.2) is 0 Å². The molecule has 9 N–H and O–H groups in total. The summed E-state index contributed by atoms with van der Waals surface area (Å²) >= 11 is 0. The summed E-state index contributed by atoms with van der Waals surface area (Å²) in [5.74, 6) is -4.06. The number of primary amides is 1. The van der Waals surface area contributed by atoms with Gasteiger partial charge in [0.05, 0.1) is 6.04 Å². The third-order valence-corrected chi connectivity index (χ3v) is 4.21. The SMILES string of the molecule is C[C@H](NC(=O)[C@@H](N)Cc1ccc(O)cc1)C(=O)N[C@@H](CCC(N)=O)C(=O)NCC(=O)O. The van der Waals surface area contributed by atoms with Gasteiger partial charge in [-0.05, 0) is 37.5 Å². The molecule has 12 nitrogen and oxygen atoms in total. The number of phenols is 1. The van der Waals surface area contributed by atoms with Crippen molar-refractivity contribution in [3.8, 4) is 5.75 Å². The normalized spacial score (nSPS) is 13.4. The molecule has 0 spiro atoms. The number of carbonyl (C=O) groups is 5. The lowest BCUT2D eigenvalue weighted by Gasteiger charge is -2.21. The molecule has 31 heavy (non-hydrogen) atoms. The molecule has 1 aromatic rings. The van der Waals surface area contributed by atoms with Gasteiger partial charge in [-0.25, -0.2) is 0 Å². The van der Waals surface area contributed by atoms with Crippen LogP contribution in [-0.2, 0) is 30.4 Å². The van der Waals surface area contributed by atoms with Crippen molar-refractivity contribution in [3.05, 3.63) is 29.8 Å². The molecule has 0 aliphatic carbocycles. The molecule has 1 aromatic carbocycles. The van der Waals surface area contributed by atoms with Gasteiger partial charge in [0.2, 0.25) is 23.6 Å². The molecule has 4 amide bonds. The second kappa shape index (κ2) is 12.1. The first kappa shape index (κ1) is 25.4. The van der Waals surface area contributed by atoms with Crippen molar-refractivity contribution >= 4 is 29.6 Å². The Morgan fingerprint density at radius 1 is 1.00 bits per heavy atom. The number of aromatic hydroxyl groups is 1. The molecule has 0 saturated heterocycles. The third kappa shape index (κ3) is 9.58. The third-order valence-electron chi connectivity index (χ3n) is 4.21. The summed E-state index contributed by atoms with van der Waals surface area (Å²) in [7, 11) is 0.